The summed E-state index contributed by atoms with van der Waals surface area (Å²) in [4.78, 5) is 0. The second kappa shape index (κ2) is 4.45. The highest BCUT2D eigenvalue weighted by atomic mass is 19.1. The Morgan fingerprint density at radius 2 is 1.75 bits per heavy atom. The summed E-state index contributed by atoms with van der Waals surface area (Å²) in [7, 11) is 0. The molecule has 3 N–H and O–H groups in total. The zero-order valence-corrected chi connectivity index (χ0v) is 11.8. The summed E-state index contributed by atoms with van der Waals surface area (Å²) in [5.74, 6) is 3.02. The Hall–Kier alpha value is -1.09. The van der Waals surface area contributed by atoms with Gasteiger partial charge in [0.25, 0.3) is 0 Å². The average Bonchev–Trinajstić information content (AvgIpc) is 2.42. The van der Waals surface area contributed by atoms with Gasteiger partial charge < -0.3 is 11.1 Å². The highest BCUT2D eigenvalue weighted by Crippen LogP contribution is 2.58. The molecule has 0 aliphatic heterocycles. The predicted molar refractivity (Wildman–Crippen MR) is 78.9 cm³/mol. The minimum Gasteiger partial charge on any atom is -0.378 e. The molecule has 4 aliphatic rings. The lowest BCUT2D eigenvalue weighted by Crippen LogP contribution is -2.65. The lowest BCUT2D eigenvalue weighted by Gasteiger charge is -2.61. The Balaban J connectivity index is 1.66. The Kier molecular flexibility index (Phi) is 2.81. The van der Waals surface area contributed by atoms with Gasteiger partial charge in [-0.3, -0.25) is 0 Å². The molecule has 1 aromatic rings. The summed E-state index contributed by atoms with van der Waals surface area (Å²) in [5.41, 5.74) is 7.11. The molecule has 0 atom stereocenters. The van der Waals surface area contributed by atoms with Crippen LogP contribution in [0.1, 0.15) is 32.1 Å². The number of hydrogen-bond donors (Lipinski definition) is 2. The summed E-state index contributed by atoms with van der Waals surface area (Å²) in [6, 6.07) is 6.84. The molecule has 4 bridgehead atoms. The van der Waals surface area contributed by atoms with Crippen LogP contribution in [-0.4, -0.2) is 12.1 Å². The molecule has 0 aromatic heterocycles. The fourth-order valence-corrected chi connectivity index (χ4v) is 5.45. The van der Waals surface area contributed by atoms with E-state index in [1.165, 1.54) is 38.2 Å². The average molecular weight is 274 g/mol. The normalized spacial score (nSPS) is 41.9. The van der Waals surface area contributed by atoms with E-state index in [0.717, 1.165) is 17.5 Å². The van der Waals surface area contributed by atoms with Crippen LogP contribution >= 0.6 is 0 Å². The summed E-state index contributed by atoms with van der Waals surface area (Å²) in [5, 5.41) is 3.66. The molecule has 2 nitrogen and oxygen atoms in total. The van der Waals surface area contributed by atoms with Crippen molar-refractivity contribution in [2.45, 2.75) is 37.6 Å². The van der Waals surface area contributed by atoms with Crippen LogP contribution in [0, 0.1) is 29.5 Å². The van der Waals surface area contributed by atoms with Crippen LogP contribution in [0.5, 0.6) is 0 Å². The van der Waals surface area contributed by atoms with Crippen molar-refractivity contribution in [3.8, 4) is 0 Å². The minimum atomic E-state index is -0.175. The Morgan fingerprint density at radius 3 is 2.30 bits per heavy atom. The first-order chi connectivity index (χ1) is 9.69. The maximum atomic E-state index is 13.4. The van der Waals surface area contributed by atoms with Crippen LogP contribution in [-0.2, 0) is 0 Å². The molecular formula is C17H23FN2. The molecule has 4 saturated carbocycles. The standard InChI is InChI=1S/C17H23FN2/c18-15-2-1-3-16(9-15)20-17(10-19)13-5-11-4-12(7-13)8-14(17)6-11/h1-3,9,11-14,20H,4-8,10,19H2. The highest BCUT2D eigenvalue weighted by Gasteiger charge is 2.56. The van der Waals surface area contributed by atoms with Crippen LogP contribution in [0.15, 0.2) is 24.3 Å². The molecule has 3 heteroatoms. The summed E-state index contributed by atoms with van der Waals surface area (Å²) >= 11 is 0. The molecular weight excluding hydrogens is 251 g/mol. The maximum absolute atomic E-state index is 13.4. The summed E-state index contributed by atoms with van der Waals surface area (Å²) in [6.07, 6.45) is 6.69. The first-order valence-electron chi connectivity index (χ1n) is 7.93. The third-order valence-corrected chi connectivity index (χ3v) is 6.13. The molecule has 0 radical (unpaired) electrons. The van der Waals surface area contributed by atoms with E-state index in [2.05, 4.69) is 5.32 Å². The lowest BCUT2D eigenvalue weighted by atomic mass is 9.48. The van der Waals surface area contributed by atoms with Crippen LogP contribution < -0.4 is 11.1 Å². The summed E-state index contributed by atoms with van der Waals surface area (Å²) in [6.45, 7) is 0.665. The molecule has 4 aliphatic carbocycles. The molecule has 1 aromatic carbocycles. The smallest absolute Gasteiger partial charge is 0.125 e. The van der Waals surface area contributed by atoms with Gasteiger partial charge in [0.05, 0.1) is 5.54 Å². The summed E-state index contributed by atoms with van der Waals surface area (Å²) < 4.78 is 13.4. The van der Waals surface area contributed by atoms with Gasteiger partial charge in [0.1, 0.15) is 5.82 Å². The fraction of sp³-hybridized carbons (Fsp3) is 0.647. The molecule has 0 spiro atoms. The van der Waals surface area contributed by atoms with E-state index in [0.29, 0.717) is 18.4 Å². The van der Waals surface area contributed by atoms with Crippen molar-refractivity contribution in [2.24, 2.45) is 29.4 Å². The van der Waals surface area contributed by atoms with Crippen LogP contribution in [0.25, 0.3) is 0 Å². The number of rotatable bonds is 3. The molecule has 108 valence electrons. The topological polar surface area (TPSA) is 38.0 Å². The Morgan fingerprint density at radius 1 is 1.10 bits per heavy atom. The second-order valence-electron chi connectivity index (χ2n) is 7.18. The van der Waals surface area contributed by atoms with E-state index in [9.17, 15) is 4.39 Å². The first kappa shape index (κ1) is 12.6. The quantitative estimate of drug-likeness (QED) is 0.886. The van der Waals surface area contributed by atoms with E-state index in [4.69, 9.17) is 5.73 Å². The van der Waals surface area contributed by atoms with Gasteiger partial charge in [0, 0.05) is 12.2 Å². The van der Waals surface area contributed by atoms with E-state index in [1.807, 2.05) is 6.07 Å². The fourth-order valence-electron chi connectivity index (χ4n) is 5.45. The molecule has 20 heavy (non-hydrogen) atoms. The molecule has 0 amide bonds. The monoisotopic (exact) mass is 274 g/mol. The zero-order valence-electron chi connectivity index (χ0n) is 11.8. The van der Waals surface area contributed by atoms with Gasteiger partial charge in [-0.05, 0) is 74.0 Å². The van der Waals surface area contributed by atoms with Gasteiger partial charge in [0.2, 0.25) is 0 Å². The molecule has 0 heterocycles. The first-order valence-corrected chi connectivity index (χ1v) is 7.93. The highest BCUT2D eigenvalue weighted by molar-refractivity contribution is 5.47. The van der Waals surface area contributed by atoms with Crippen molar-refractivity contribution >= 4 is 5.69 Å². The number of anilines is 1. The Labute approximate surface area is 119 Å². The Bertz CT molecular complexity index is 485. The number of halogens is 1. The molecule has 5 rings (SSSR count). The van der Waals surface area contributed by atoms with Gasteiger partial charge >= 0.3 is 0 Å². The predicted octanol–water partition coefficient (Wildman–Crippen LogP) is 3.39. The van der Waals surface area contributed by atoms with Crippen LogP contribution in [0.2, 0.25) is 0 Å². The second-order valence-corrected chi connectivity index (χ2v) is 7.18. The molecule has 0 unspecified atom stereocenters. The third kappa shape index (κ3) is 1.79. The number of nitrogens with two attached hydrogens (primary N) is 1. The van der Waals surface area contributed by atoms with Gasteiger partial charge in [-0.2, -0.15) is 0 Å². The van der Waals surface area contributed by atoms with Crippen LogP contribution in [0.4, 0.5) is 10.1 Å². The van der Waals surface area contributed by atoms with Crippen LogP contribution in [0.3, 0.4) is 0 Å². The van der Waals surface area contributed by atoms with Crippen molar-refractivity contribution in [3.63, 3.8) is 0 Å². The van der Waals surface area contributed by atoms with Gasteiger partial charge in [-0.15, -0.1) is 0 Å². The van der Waals surface area contributed by atoms with E-state index >= 15 is 0 Å². The van der Waals surface area contributed by atoms with E-state index < -0.39 is 0 Å². The van der Waals surface area contributed by atoms with Crippen molar-refractivity contribution in [2.75, 3.05) is 11.9 Å². The van der Waals surface area contributed by atoms with Gasteiger partial charge in [-0.1, -0.05) is 6.07 Å². The largest absolute Gasteiger partial charge is 0.378 e. The van der Waals surface area contributed by atoms with Crippen molar-refractivity contribution < 1.29 is 4.39 Å². The van der Waals surface area contributed by atoms with E-state index in [1.54, 1.807) is 12.1 Å². The van der Waals surface area contributed by atoms with E-state index in [-0.39, 0.29) is 11.4 Å². The number of benzene rings is 1. The lowest BCUT2D eigenvalue weighted by molar-refractivity contribution is -0.0405. The van der Waals surface area contributed by atoms with Gasteiger partial charge in [0.15, 0.2) is 0 Å². The number of nitrogens with one attached hydrogen (secondary N) is 1. The molecule has 4 fully saturated rings. The third-order valence-electron chi connectivity index (χ3n) is 6.13. The van der Waals surface area contributed by atoms with Crippen molar-refractivity contribution in [1.82, 2.24) is 0 Å². The zero-order chi connectivity index (χ0) is 13.7. The van der Waals surface area contributed by atoms with Crippen molar-refractivity contribution in [1.29, 1.82) is 0 Å². The molecule has 0 saturated heterocycles. The van der Waals surface area contributed by atoms with Crippen molar-refractivity contribution in [3.05, 3.63) is 30.1 Å². The number of hydrogen-bond acceptors (Lipinski definition) is 2. The maximum Gasteiger partial charge on any atom is 0.125 e. The SMILES string of the molecule is NCC1(Nc2cccc(F)c2)C2CC3CC(C2)CC1C3. The minimum absolute atomic E-state index is 0.00120. The van der Waals surface area contributed by atoms with Gasteiger partial charge in [-0.25, -0.2) is 4.39 Å².